The lowest BCUT2D eigenvalue weighted by Crippen LogP contribution is -2.27. The first-order valence-corrected chi connectivity index (χ1v) is 6.30. The fourth-order valence-corrected chi connectivity index (χ4v) is 2.13. The zero-order valence-corrected chi connectivity index (χ0v) is 11.9. The fraction of sp³-hybridized carbons (Fsp3) is 0.0769. The van der Waals surface area contributed by atoms with Crippen LogP contribution in [0.25, 0.3) is 0 Å². The van der Waals surface area contributed by atoms with Crippen molar-refractivity contribution in [1.82, 2.24) is 9.97 Å². The van der Waals surface area contributed by atoms with Gasteiger partial charge in [0.2, 0.25) is 5.78 Å². The molecule has 2 N–H and O–H groups in total. The van der Waals surface area contributed by atoms with Crippen LogP contribution in [-0.2, 0) is 0 Å². The van der Waals surface area contributed by atoms with Gasteiger partial charge in [-0.1, -0.05) is 0 Å². The average molecular weight is 334 g/mol. The number of aromatic nitrogens is 2. The quantitative estimate of drug-likeness (QED) is 0.806. The number of nitrogens with zero attached hydrogens (tertiary/aromatic N) is 1. The number of hydrogen-bond donors (Lipinski definition) is 2. The highest BCUT2D eigenvalue weighted by Gasteiger charge is 2.17. The van der Waals surface area contributed by atoms with E-state index in [9.17, 15) is 14.4 Å². The molecular formula is C13H8BrN3O3. The van der Waals surface area contributed by atoms with E-state index < -0.39 is 17.0 Å². The normalized spacial score (nSPS) is 10.1. The molecule has 7 heteroatoms. The van der Waals surface area contributed by atoms with E-state index in [4.69, 9.17) is 5.26 Å². The lowest BCUT2D eigenvalue weighted by atomic mass is 10.0. The van der Waals surface area contributed by atoms with Crippen LogP contribution in [0.1, 0.15) is 27.2 Å². The van der Waals surface area contributed by atoms with Gasteiger partial charge in [-0.2, -0.15) is 5.26 Å². The van der Waals surface area contributed by atoms with Gasteiger partial charge in [-0.15, -0.1) is 0 Å². The van der Waals surface area contributed by atoms with Crippen LogP contribution in [0, 0.1) is 18.3 Å². The first-order chi connectivity index (χ1) is 9.42. The van der Waals surface area contributed by atoms with Crippen molar-refractivity contribution in [2.75, 3.05) is 0 Å². The van der Waals surface area contributed by atoms with Gasteiger partial charge in [0.05, 0.1) is 11.6 Å². The van der Waals surface area contributed by atoms with Gasteiger partial charge in [0.1, 0.15) is 10.2 Å². The Morgan fingerprint density at radius 3 is 2.60 bits per heavy atom. The molecule has 2 aromatic rings. The zero-order valence-electron chi connectivity index (χ0n) is 10.3. The van der Waals surface area contributed by atoms with Gasteiger partial charge in [0.25, 0.3) is 5.56 Å². The molecule has 20 heavy (non-hydrogen) atoms. The highest BCUT2D eigenvalue weighted by atomic mass is 79.9. The van der Waals surface area contributed by atoms with E-state index in [2.05, 4.69) is 20.9 Å². The highest BCUT2D eigenvalue weighted by Crippen LogP contribution is 2.16. The number of nitriles is 1. The molecule has 1 heterocycles. The van der Waals surface area contributed by atoms with E-state index in [1.165, 1.54) is 6.07 Å². The molecule has 0 saturated heterocycles. The second kappa shape index (κ2) is 5.27. The number of nitrogens with one attached hydrogen (secondary N) is 2. The molecule has 0 aliphatic carbocycles. The van der Waals surface area contributed by atoms with Crippen LogP contribution in [0.3, 0.4) is 0 Å². The molecule has 0 spiro atoms. The van der Waals surface area contributed by atoms with Gasteiger partial charge in [-0.3, -0.25) is 14.6 Å². The van der Waals surface area contributed by atoms with E-state index in [1.807, 2.05) is 11.1 Å². The molecule has 0 unspecified atom stereocenters. The summed E-state index contributed by atoms with van der Waals surface area (Å²) in [4.78, 5) is 39.3. The summed E-state index contributed by atoms with van der Waals surface area (Å²) in [7, 11) is 0. The second-order valence-electron chi connectivity index (χ2n) is 4.13. The first kappa shape index (κ1) is 14.0. The summed E-state index contributed by atoms with van der Waals surface area (Å²) in [5.74, 6) is -0.541. The van der Waals surface area contributed by atoms with E-state index in [1.54, 1.807) is 19.1 Å². The minimum absolute atomic E-state index is 0.0536. The van der Waals surface area contributed by atoms with Gasteiger partial charge in [-0.25, -0.2) is 4.79 Å². The minimum atomic E-state index is -0.769. The first-order valence-electron chi connectivity index (χ1n) is 5.51. The third-order valence-corrected chi connectivity index (χ3v) is 3.34. The van der Waals surface area contributed by atoms with Gasteiger partial charge in [-0.05, 0) is 46.6 Å². The summed E-state index contributed by atoms with van der Waals surface area (Å²) in [6.45, 7) is 1.74. The van der Waals surface area contributed by atoms with Crippen LogP contribution in [0.4, 0.5) is 0 Å². The number of halogens is 1. The monoisotopic (exact) mass is 333 g/mol. The maximum atomic E-state index is 12.3. The Balaban J connectivity index is 2.64. The van der Waals surface area contributed by atoms with Crippen molar-refractivity contribution < 1.29 is 4.79 Å². The second-order valence-corrected chi connectivity index (χ2v) is 4.92. The average Bonchev–Trinajstić information content (AvgIpc) is 2.41. The predicted octanol–water partition coefficient (Wildman–Crippen LogP) is 1.24. The van der Waals surface area contributed by atoms with Crippen molar-refractivity contribution in [1.29, 1.82) is 5.26 Å². The Hall–Kier alpha value is -2.46. The van der Waals surface area contributed by atoms with Crippen molar-refractivity contribution in [3.8, 4) is 6.07 Å². The van der Waals surface area contributed by atoms with Crippen molar-refractivity contribution in [2.45, 2.75) is 6.92 Å². The summed E-state index contributed by atoms with van der Waals surface area (Å²) in [5, 5.41) is 8.90. The Morgan fingerprint density at radius 2 is 1.95 bits per heavy atom. The summed E-state index contributed by atoms with van der Waals surface area (Å²) >= 11 is 2.97. The molecule has 0 saturated carbocycles. The van der Waals surface area contributed by atoms with Crippen LogP contribution in [0.15, 0.2) is 32.3 Å². The smallest absolute Gasteiger partial charge is 0.303 e. The van der Waals surface area contributed by atoms with E-state index >= 15 is 0 Å². The third kappa shape index (κ3) is 2.60. The highest BCUT2D eigenvalue weighted by molar-refractivity contribution is 9.10. The number of rotatable bonds is 2. The predicted molar refractivity (Wildman–Crippen MR) is 74.7 cm³/mol. The van der Waals surface area contributed by atoms with E-state index in [-0.39, 0.29) is 15.7 Å². The van der Waals surface area contributed by atoms with Gasteiger partial charge < -0.3 is 4.98 Å². The molecule has 1 aromatic heterocycles. The number of aryl methyl sites for hydroxylation is 1. The molecule has 0 aliphatic rings. The Labute approximate surface area is 121 Å². The number of benzene rings is 1. The van der Waals surface area contributed by atoms with Crippen LogP contribution >= 0.6 is 15.9 Å². The Bertz CT molecular complexity index is 858. The maximum Gasteiger partial charge on any atom is 0.326 e. The summed E-state index contributed by atoms with van der Waals surface area (Å²) < 4.78 is -0.0536. The molecule has 6 nitrogen and oxygen atoms in total. The van der Waals surface area contributed by atoms with Crippen molar-refractivity contribution in [3.63, 3.8) is 0 Å². The van der Waals surface area contributed by atoms with E-state index in [0.29, 0.717) is 5.56 Å². The number of carbonyl (C=O) groups excluding carboxylic acids is 1. The lowest BCUT2D eigenvalue weighted by Gasteiger charge is -2.04. The topological polar surface area (TPSA) is 107 Å². The summed E-state index contributed by atoms with van der Waals surface area (Å²) in [6, 6.07) is 6.56. The third-order valence-electron chi connectivity index (χ3n) is 2.58. The van der Waals surface area contributed by atoms with Gasteiger partial charge in [0, 0.05) is 5.56 Å². The van der Waals surface area contributed by atoms with Gasteiger partial charge in [0.15, 0.2) is 0 Å². The number of ketones is 1. The summed E-state index contributed by atoms with van der Waals surface area (Å²) in [5.41, 5.74) is -0.316. The molecule has 0 radical (unpaired) electrons. The molecule has 0 aliphatic heterocycles. The number of aromatic amines is 2. The number of hydrogen-bond acceptors (Lipinski definition) is 4. The van der Waals surface area contributed by atoms with Crippen LogP contribution < -0.4 is 11.2 Å². The van der Waals surface area contributed by atoms with Crippen LogP contribution in [0.5, 0.6) is 0 Å². The molecule has 2 rings (SSSR count). The minimum Gasteiger partial charge on any atom is -0.303 e. The van der Waals surface area contributed by atoms with Crippen LogP contribution in [-0.4, -0.2) is 15.8 Å². The number of H-pyrrole nitrogens is 2. The van der Waals surface area contributed by atoms with Gasteiger partial charge >= 0.3 is 5.69 Å². The fourth-order valence-electron chi connectivity index (χ4n) is 1.75. The molecule has 1 aromatic carbocycles. The molecular weight excluding hydrogens is 326 g/mol. The van der Waals surface area contributed by atoms with Crippen molar-refractivity contribution >= 4 is 21.7 Å². The number of carbonyl (C=O) groups is 1. The largest absolute Gasteiger partial charge is 0.326 e. The molecule has 100 valence electrons. The lowest BCUT2D eigenvalue weighted by molar-refractivity contribution is 0.103. The standard InChI is InChI=1S/C13H8BrN3O3/c1-6-2-7(5-15)4-8(3-6)11(18)10-9(14)12(19)17-13(20)16-10/h2-4H,1H3,(H2,16,17,19,20). The van der Waals surface area contributed by atoms with Crippen molar-refractivity contribution in [3.05, 3.63) is 65.9 Å². The zero-order chi connectivity index (χ0) is 14.9. The van der Waals surface area contributed by atoms with Crippen LogP contribution in [0.2, 0.25) is 0 Å². The van der Waals surface area contributed by atoms with E-state index in [0.717, 1.165) is 5.56 Å². The Kier molecular flexibility index (Phi) is 3.68. The molecule has 0 atom stereocenters. The maximum absolute atomic E-state index is 12.3. The summed E-state index contributed by atoms with van der Waals surface area (Å²) in [6.07, 6.45) is 0. The molecule has 0 bridgehead atoms. The van der Waals surface area contributed by atoms with Crippen molar-refractivity contribution in [2.24, 2.45) is 0 Å². The SMILES string of the molecule is Cc1cc(C#N)cc(C(=O)c2[nH]c(=O)[nH]c(=O)c2Br)c1. The Morgan fingerprint density at radius 1 is 1.25 bits per heavy atom. The molecule has 0 fully saturated rings. The molecule has 0 amide bonds.